The van der Waals surface area contributed by atoms with Crippen molar-refractivity contribution in [1.82, 2.24) is 15.2 Å². The van der Waals surface area contributed by atoms with Crippen molar-refractivity contribution in [3.63, 3.8) is 0 Å². The number of hydrogen-bond donors (Lipinski definition) is 1. The van der Waals surface area contributed by atoms with E-state index in [2.05, 4.69) is 15.2 Å². The Morgan fingerprint density at radius 3 is 2.34 bits per heavy atom. The number of piperidine rings is 1. The van der Waals surface area contributed by atoms with Crippen LogP contribution in [0.2, 0.25) is 10.0 Å². The minimum Gasteiger partial charge on any atom is -0.355 e. The lowest BCUT2D eigenvalue weighted by molar-refractivity contribution is -0.137. The molecule has 4 rings (SSSR count). The maximum Gasteiger partial charge on any atom is 0.417 e. The van der Waals surface area contributed by atoms with Crippen LogP contribution >= 0.6 is 23.2 Å². The number of aromatic amines is 1. The van der Waals surface area contributed by atoms with Crippen LogP contribution in [0, 0.1) is 0 Å². The van der Waals surface area contributed by atoms with Crippen LogP contribution in [-0.4, -0.2) is 28.3 Å². The topological polar surface area (TPSA) is 44.8 Å². The highest BCUT2D eigenvalue weighted by Gasteiger charge is 2.32. The van der Waals surface area contributed by atoms with Crippen molar-refractivity contribution in [1.29, 1.82) is 0 Å². The lowest BCUT2D eigenvalue weighted by Gasteiger charge is -2.32. The van der Waals surface area contributed by atoms with Crippen LogP contribution in [0.3, 0.4) is 0 Å². The molecule has 0 bridgehead atoms. The number of nitrogens with zero attached hydrogens (tertiary/aromatic N) is 3. The second-order valence-corrected chi connectivity index (χ2v) is 7.85. The molecule has 1 saturated heterocycles. The van der Waals surface area contributed by atoms with Crippen molar-refractivity contribution >= 4 is 29.0 Å². The number of anilines is 1. The second-order valence-electron chi connectivity index (χ2n) is 7.00. The van der Waals surface area contributed by atoms with Gasteiger partial charge in [-0.15, -0.1) is 0 Å². The van der Waals surface area contributed by atoms with Gasteiger partial charge in [-0.3, -0.25) is 5.10 Å². The van der Waals surface area contributed by atoms with Crippen LogP contribution in [0.5, 0.6) is 0 Å². The summed E-state index contributed by atoms with van der Waals surface area (Å²) < 4.78 is 38.4. The Kier molecular flexibility index (Phi) is 5.44. The lowest BCUT2D eigenvalue weighted by atomic mass is 9.93. The number of benzene rings is 1. The number of halogens is 5. The quantitative estimate of drug-likeness (QED) is 0.528. The first-order chi connectivity index (χ1) is 13.8. The van der Waals surface area contributed by atoms with Gasteiger partial charge in [-0.2, -0.15) is 18.3 Å². The first kappa shape index (κ1) is 20.0. The van der Waals surface area contributed by atoms with Crippen molar-refractivity contribution < 1.29 is 13.2 Å². The maximum absolute atomic E-state index is 12.8. The fraction of sp³-hybridized carbons (Fsp3) is 0.300. The smallest absolute Gasteiger partial charge is 0.355 e. The highest BCUT2D eigenvalue weighted by atomic mass is 35.5. The summed E-state index contributed by atoms with van der Waals surface area (Å²) in [5, 5.41) is 8.20. The van der Waals surface area contributed by atoms with Crippen molar-refractivity contribution in [3.8, 4) is 11.3 Å². The average molecular weight is 441 g/mol. The molecule has 152 valence electrons. The van der Waals surface area contributed by atoms with Gasteiger partial charge in [0.15, 0.2) is 0 Å². The molecule has 1 aliphatic heterocycles. The molecule has 1 aliphatic rings. The summed E-state index contributed by atoms with van der Waals surface area (Å²) >= 11 is 12.0. The molecular weight excluding hydrogens is 424 g/mol. The molecular formula is C20H17Cl2F3N4. The summed E-state index contributed by atoms with van der Waals surface area (Å²) in [7, 11) is 0. The largest absolute Gasteiger partial charge is 0.417 e. The Bertz CT molecular complexity index is 994. The molecule has 2 aromatic heterocycles. The highest BCUT2D eigenvalue weighted by molar-refractivity contribution is 6.33. The lowest BCUT2D eigenvalue weighted by Crippen LogP contribution is -2.33. The van der Waals surface area contributed by atoms with Crippen molar-refractivity contribution in [2.24, 2.45) is 0 Å². The Hall–Kier alpha value is -2.25. The number of H-pyrrole nitrogens is 1. The molecule has 0 aliphatic carbocycles. The first-order valence-electron chi connectivity index (χ1n) is 9.10. The minimum absolute atomic E-state index is 0.0184. The third-order valence-corrected chi connectivity index (χ3v) is 5.65. The summed E-state index contributed by atoms with van der Waals surface area (Å²) in [5.41, 5.74) is 2.04. The molecule has 0 saturated carbocycles. The summed E-state index contributed by atoms with van der Waals surface area (Å²) in [6.45, 7) is 1.30. The summed E-state index contributed by atoms with van der Waals surface area (Å²) in [5.74, 6) is 0.678. The second kappa shape index (κ2) is 7.88. The zero-order valence-corrected chi connectivity index (χ0v) is 16.7. The summed E-state index contributed by atoms with van der Waals surface area (Å²) in [6, 6.07) is 10.5. The fourth-order valence-electron chi connectivity index (χ4n) is 3.54. The maximum atomic E-state index is 12.8. The molecule has 0 amide bonds. The number of alkyl halides is 3. The Labute approximate surface area is 175 Å². The molecule has 0 atom stereocenters. The third kappa shape index (κ3) is 4.36. The molecule has 0 unspecified atom stereocenters. The summed E-state index contributed by atoms with van der Waals surface area (Å²) in [6.07, 6.45) is -1.98. The van der Waals surface area contributed by atoms with Crippen molar-refractivity contribution in [3.05, 3.63) is 63.9 Å². The van der Waals surface area contributed by atoms with Gasteiger partial charge in [-0.05, 0) is 37.1 Å². The van der Waals surface area contributed by atoms with E-state index >= 15 is 0 Å². The molecule has 0 spiro atoms. The predicted molar refractivity (Wildman–Crippen MR) is 107 cm³/mol. The van der Waals surface area contributed by atoms with E-state index in [-0.39, 0.29) is 10.9 Å². The van der Waals surface area contributed by atoms with Gasteiger partial charge in [0.25, 0.3) is 0 Å². The van der Waals surface area contributed by atoms with Crippen LogP contribution in [0.1, 0.15) is 30.0 Å². The van der Waals surface area contributed by atoms with Gasteiger partial charge in [0.2, 0.25) is 0 Å². The predicted octanol–water partition coefficient (Wildman–Crippen LogP) is 6.18. The number of aromatic nitrogens is 3. The third-order valence-electron chi connectivity index (χ3n) is 5.12. The van der Waals surface area contributed by atoms with Crippen LogP contribution < -0.4 is 4.90 Å². The number of nitrogens with one attached hydrogen (secondary N) is 1. The van der Waals surface area contributed by atoms with E-state index in [0.29, 0.717) is 23.9 Å². The van der Waals surface area contributed by atoms with E-state index in [1.807, 2.05) is 35.2 Å². The molecule has 4 nitrogen and oxygen atoms in total. The van der Waals surface area contributed by atoms with Crippen LogP contribution in [-0.2, 0) is 6.18 Å². The number of rotatable bonds is 3. The molecule has 9 heteroatoms. The first-order valence-corrected chi connectivity index (χ1v) is 9.86. The van der Waals surface area contributed by atoms with E-state index in [4.69, 9.17) is 23.2 Å². The Morgan fingerprint density at radius 1 is 1.03 bits per heavy atom. The van der Waals surface area contributed by atoms with Gasteiger partial charge in [0, 0.05) is 41.5 Å². The van der Waals surface area contributed by atoms with E-state index in [9.17, 15) is 13.2 Å². The normalized spacial score (nSPS) is 15.7. The molecule has 3 heterocycles. The van der Waals surface area contributed by atoms with Crippen LogP contribution in [0.4, 0.5) is 19.0 Å². The summed E-state index contributed by atoms with van der Waals surface area (Å²) in [4.78, 5) is 5.89. The zero-order chi connectivity index (χ0) is 20.6. The molecule has 1 N–H and O–H groups in total. The zero-order valence-electron chi connectivity index (χ0n) is 15.2. The van der Waals surface area contributed by atoms with E-state index in [1.165, 1.54) is 0 Å². The number of hydrogen-bond acceptors (Lipinski definition) is 3. The van der Waals surface area contributed by atoms with Crippen LogP contribution in [0.25, 0.3) is 11.3 Å². The standard InChI is InChI=1S/C20H17Cl2F3N4/c21-15-3-1-12(2-4-15)17-10-18(28-27-17)13-5-7-29(8-6-13)19-16(22)9-14(11-26-19)20(23,24)25/h1-4,9-11,13H,5-8H2,(H,27,28). The van der Waals surface area contributed by atoms with Gasteiger partial charge >= 0.3 is 6.18 Å². The fourth-order valence-corrected chi connectivity index (χ4v) is 3.95. The molecule has 29 heavy (non-hydrogen) atoms. The molecule has 3 aromatic rings. The van der Waals surface area contributed by atoms with Crippen molar-refractivity contribution in [2.75, 3.05) is 18.0 Å². The minimum atomic E-state index is -4.45. The van der Waals surface area contributed by atoms with E-state index in [1.54, 1.807) is 0 Å². The number of pyridine rings is 1. The van der Waals surface area contributed by atoms with Gasteiger partial charge in [0.05, 0.1) is 16.3 Å². The molecule has 1 aromatic carbocycles. The van der Waals surface area contributed by atoms with Gasteiger partial charge < -0.3 is 4.90 Å². The van der Waals surface area contributed by atoms with Gasteiger partial charge in [0.1, 0.15) is 5.82 Å². The monoisotopic (exact) mass is 440 g/mol. The Balaban J connectivity index is 1.43. The highest BCUT2D eigenvalue weighted by Crippen LogP contribution is 2.36. The van der Waals surface area contributed by atoms with Crippen molar-refractivity contribution in [2.45, 2.75) is 24.9 Å². The Morgan fingerprint density at radius 2 is 1.72 bits per heavy atom. The van der Waals surface area contributed by atoms with E-state index < -0.39 is 11.7 Å². The SMILES string of the molecule is FC(F)(F)c1cnc(N2CCC(c3cc(-c4ccc(Cl)cc4)n[nH]3)CC2)c(Cl)c1. The average Bonchev–Trinajstić information content (AvgIpc) is 3.18. The van der Waals surface area contributed by atoms with E-state index in [0.717, 1.165) is 42.1 Å². The molecule has 1 fully saturated rings. The molecule has 0 radical (unpaired) electrons. The van der Waals surface area contributed by atoms with Crippen LogP contribution in [0.15, 0.2) is 42.6 Å². The van der Waals surface area contributed by atoms with Gasteiger partial charge in [-0.1, -0.05) is 35.3 Å². The van der Waals surface area contributed by atoms with Gasteiger partial charge in [-0.25, -0.2) is 4.98 Å².